The largest absolute Gasteiger partial charge is 0.373 e. The van der Waals surface area contributed by atoms with Crippen LogP contribution in [0.2, 0.25) is 0 Å². The standard InChI is InChI=1S/C15H24O/c1-2-3-4-5-13(15-10-16-15)14-9-11-6-7-12(14)8-11/h6-7,11-15H,2-5,8-10H2,1H3. The Balaban J connectivity index is 1.58. The molecule has 1 aliphatic heterocycles. The maximum Gasteiger partial charge on any atom is 0.0840 e. The van der Waals surface area contributed by atoms with E-state index >= 15 is 0 Å². The van der Waals surface area contributed by atoms with Crippen molar-refractivity contribution in [3.05, 3.63) is 12.2 Å². The van der Waals surface area contributed by atoms with Crippen LogP contribution in [0.15, 0.2) is 12.2 Å². The van der Waals surface area contributed by atoms with Gasteiger partial charge in [0.2, 0.25) is 0 Å². The second-order valence-corrected chi connectivity index (χ2v) is 5.98. The Labute approximate surface area is 99.3 Å². The average molecular weight is 220 g/mol. The van der Waals surface area contributed by atoms with Crippen molar-refractivity contribution in [1.82, 2.24) is 0 Å². The third-order valence-electron chi connectivity index (χ3n) is 4.86. The first kappa shape index (κ1) is 10.8. The highest BCUT2D eigenvalue weighted by atomic mass is 16.6. The van der Waals surface area contributed by atoms with Gasteiger partial charge in [-0.25, -0.2) is 0 Å². The van der Waals surface area contributed by atoms with Crippen molar-refractivity contribution in [2.75, 3.05) is 6.61 Å². The fourth-order valence-electron chi connectivity index (χ4n) is 3.92. The molecule has 1 saturated heterocycles. The smallest absolute Gasteiger partial charge is 0.0840 e. The van der Waals surface area contributed by atoms with Gasteiger partial charge in [0.25, 0.3) is 0 Å². The van der Waals surface area contributed by atoms with Crippen molar-refractivity contribution in [2.45, 2.75) is 51.6 Å². The van der Waals surface area contributed by atoms with Crippen LogP contribution in [0.1, 0.15) is 45.4 Å². The summed E-state index contributed by atoms with van der Waals surface area (Å²) in [5.74, 6) is 3.66. The molecule has 0 N–H and O–H groups in total. The van der Waals surface area contributed by atoms with E-state index < -0.39 is 0 Å². The summed E-state index contributed by atoms with van der Waals surface area (Å²) in [6, 6.07) is 0. The molecule has 2 fully saturated rings. The number of unbranched alkanes of at least 4 members (excludes halogenated alkanes) is 2. The fraction of sp³-hybridized carbons (Fsp3) is 0.867. The minimum absolute atomic E-state index is 0.634. The lowest BCUT2D eigenvalue weighted by Gasteiger charge is -2.27. The van der Waals surface area contributed by atoms with Crippen molar-refractivity contribution < 1.29 is 4.74 Å². The first-order chi connectivity index (χ1) is 7.88. The molecule has 5 unspecified atom stereocenters. The normalized spacial score (nSPS) is 41.6. The van der Waals surface area contributed by atoms with Gasteiger partial charge in [0.1, 0.15) is 0 Å². The van der Waals surface area contributed by atoms with Crippen LogP contribution in [0.4, 0.5) is 0 Å². The van der Waals surface area contributed by atoms with Crippen LogP contribution in [0.5, 0.6) is 0 Å². The van der Waals surface area contributed by atoms with E-state index in [-0.39, 0.29) is 0 Å². The van der Waals surface area contributed by atoms with Gasteiger partial charge in [-0.05, 0) is 42.9 Å². The van der Waals surface area contributed by atoms with E-state index in [0.29, 0.717) is 6.10 Å². The highest BCUT2D eigenvalue weighted by Crippen LogP contribution is 2.50. The zero-order chi connectivity index (χ0) is 11.0. The molecule has 1 heterocycles. The lowest BCUT2D eigenvalue weighted by Crippen LogP contribution is -2.24. The number of hydrogen-bond acceptors (Lipinski definition) is 1. The Kier molecular flexibility index (Phi) is 3.06. The Bertz CT molecular complexity index is 267. The highest BCUT2D eigenvalue weighted by Gasteiger charge is 2.45. The van der Waals surface area contributed by atoms with Gasteiger partial charge in [-0.3, -0.25) is 0 Å². The zero-order valence-electron chi connectivity index (χ0n) is 10.4. The second-order valence-electron chi connectivity index (χ2n) is 5.98. The Hall–Kier alpha value is -0.300. The molecule has 1 saturated carbocycles. The quantitative estimate of drug-likeness (QED) is 0.377. The molecule has 90 valence electrons. The van der Waals surface area contributed by atoms with Crippen LogP contribution >= 0.6 is 0 Å². The maximum absolute atomic E-state index is 5.60. The van der Waals surface area contributed by atoms with Crippen molar-refractivity contribution >= 4 is 0 Å². The van der Waals surface area contributed by atoms with Crippen LogP contribution in [0, 0.1) is 23.7 Å². The molecule has 0 aromatic carbocycles. The molecule has 0 aromatic rings. The van der Waals surface area contributed by atoms with E-state index in [1.165, 1.54) is 38.5 Å². The van der Waals surface area contributed by atoms with Gasteiger partial charge in [-0.1, -0.05) is 38.3 Å². The number of allylic oxidation sites excluding steroid dienone is 2. The molecule has 3 rings (SSSR count). The van der Waals surface area contributed by atoms with E-state index in [4.69, 9.17) is 4.74 Å². The molecule has 16 heavy (non-hydrogen) atoms. The van der Waals surface area contributed by atoms with Crippen LogP contribution in [0.25, 0.3) is 0 Å². The molecule has 2 aliphatic carbocycles. The molecule has 0 amide bonds. The van der Waals surface area contributed by atoms with Crippen LogP contribution < -0.4 is 0 Å². The predicted octanol–water partition coefficient (Wildman–Crippen LogP) is 3.79. The van der Waals surface area contributed by atoms with Gasteiger partial charge in [0.15, 0.2) is 0 Å². The number of epoxide rings is 1. The number of hydrogen-bond donors (Lipinski definition) is 0. The lowest BCUT2D eigenvalue weighted by molar-refractivity contribution is 0.205. The topological polar surface area (TPSA) is 12.5 Å². The molecule has 0 aromatic heterocycles. The summed E-state index contributed by atoms with van der Waals surface area (Å²) in [6.07, 6.45) is 14.1. The molecule has 0 radical (unpaired) electrons. The van der Waals surface area contributed by atoms with Gasteiger partial charge in [-0.2, -0.15) is 0 Å². The number of rotatable bonds is 6. The van der Waals surface area contributed by atoms with Gasteiger partial charge in [0, 0.05) is 0 Å². The van der Waals surface area contributed by atoms with Crippen molar-refractivity contribution in [2.24, 2.45) is 23.7 Å². The summed E-state index contributed by atoms with van der Waals surface area (Å²) in [4.78, 5) is 0. The summed E-state index contributed by atoms with van der Waals surface area (Å²) in [5, 5.41) is 0. The minimum atomic E-state index is 0.634. The zero-order valence-corrected chi connectivity index (χ0v) is 10.4. The Morgan fingerprint density at radius 3 is 2.69 bits per heavy atom. The van der Waals surface area contributed by atoms with E-state index in [9.17, 15) is 0 Å². The van der Waals surface area contributed by atoms with Crippen LogP contribution in [-0.2, 0) is 4.74 Å². The molecule has 1 heteroatoms. The summed E-state index contributed by atoms with van der Waals surface area (Å²) < 4.78 is 5.60. The van der Waals surface area contributed by atoms with Gasteiger partial charge in [-0.15, -0.1) is 0 Å². The number of fused-ring (bicyclic) bond motifs is 2. The summed E-state index contributed by atoms with van der Waals surface area (Å²) in [6.45, 7) is 3.34. The van der Waals surface area contributed by atoms with E-state index in [2.05, 4.69) is 19.1 Å². The lowest BCUT2D eigenvalue weighted by atomic mass is 9.77. The number of ether oxygens (including phenoxy) is 1. The predicted molar refractivity (Wildman–Crippen MR) is 66.2 cm³/mol. The molecular formula is C15H24O. The fourth-order valence-corrected chi connectivity index (χ4v) is 3.92. The molecule has 5 atom stereocenters. The van der Waals surface area contributed by atoms with Crippen molar-refractivity contribution in [1.29, 1.82) is 0 Å². The summed E-state index contributed by atoms with van der Waals surface area (Å²) in [5.41, 5.74) is 0. The highest BCUT2D eigenvalue weighted by molar-refractivity contribution is 5.12. The van der Waals surface area contributed by atoms with Gasteiger partial charge < -0.3 is 4.74 Å². The molecule has 2 bridgehead atoms. The maximum atomic E-state index is 5.60. The third-order valence-corrected chi connectivity index (χ3v) is 4.86. The van der Waals surface area contributed by atoms with E-state index in [1.54, 1.807) is 0 Å². The Morgan fingerprint density at radius 2 is 2.12 bits per heavy atom. The molecular weight excluding hydrogens is 196 g/mol. The summed E-state index contributed by atoms with van der Waals surface area (Å²) >= 11 is 0. The third kappa shape index (κ3) is 2.07. The minimum Gasteiger partial charge on any atom is -0.373 e. The molecule has 0 spiro atoms. The first-order valence-corrected chi connectivity index (χ1v) is 7.18. The van der Waals surface area contributed by atoms with E-state index in [1.807, 2.05) is 0 Å². The Morgan fingerprint density at radius 1 is 1.25 bits per heavy atom. The second kappa shape index (κ2) is 4.52. The van der Waals surface area contributed by atoms with Gasteiger partial charge in [0.05, 0.1) is 12.7 Å². The van der Waals surface area contributed by atoms with Crippen LogP contribution in [-0.4, -0.2) is 12.7 Å². The molecule has 1 nitrogen and oxygen atoms in total. The van der Waals surface area contributed by atoms with Gasteiger partial charge >= 0.3 is 0 Å². The van der Waals surface area contributed by atoms with Crippen molar-refractivity contribution in [3.63, 3.8) is 0 Å². The average Bonchev–Trinajstić information content (AvgIpc) is 2.91. The van der Waals surface area contributed by atoms with E-state index in [0.717, 1.165) is 30.3 Å². The molecule has 3 aliphatic rings. The van der Waals surface area contributed by atoms with Crippen LogP contribution in [0.3, 0.4) is 0 Å². The van der Waals surface area contributed by atoms with Crippen molar-refractivity contribution in [3.8, 4) is 0 Å². The SMILES string of the molecule is CCCCCC(C1CO1)C1CC2C=CC1C2. The first-order valence-electron chi connectivity index (χ1n) is 7.18. The monoisotopic (exact) mass is 220 g/mol. The summed E-state index contributed by atoms with van der Waals surface area (Å²) in [7, 11) is 0.